The normalized spacial score (nSPS) is 20.2. The molecular weight excluding hydrogens is 499 g/mol. The number of rotatable bonds is 3. The number of aromatic nitrogens is 2. The number of carbonyl (C=O) groups is 1. The SMILES string of the molecule is N[C@@H]1CCCN(C2=NC(=O)/C(=C/c3ccc4c(cnn4Cc4ccc(Cl)cc4C(F)(F)F)c3)S2)C1. The van der Waals surface area contributed by atoms with E-state index < -0.39 is 11.7 Å². The number of fused-ring (bicyclic) bond motifs is 1. The summed E-state index contributed by atoms with van der Waals surface area (Å²) in [5.41, 5.74) is 6.81. The van der Waals surface area contributed by atoms with Crippen LogP contribution in [0.25, 0.3) is 17.0 Å². The van der Waals surface area contributed by atoms with Gasteiger partial charge in [0.25, 0.3) is 5.91 Å². The molecule has 2 N–H and O–H groups in total. The van der Waals surface area contributed by atoms with E-state index in [0.29, 0.717) is 22.1 Å². The number of thioether (sulfide) groups is 1. The number of alkyl halides is 3. The van der Waals surface area contributed by atoms with E-state index >= 15 is 0 Å². The van der Waals surface area contributed by atoms with Gasteiger partial charge in [0.05, 0.1) is 28.7 Å². The topological polar surface area (TPSA) is 76.5 Å². The minimum Gasteiger partial charge on any atom is -0.349 e. The molecular formula is C24H21ClF3N5OS. The van der Waals surface area contributed by atoms with Crippen LogP contribution in [-0.2, 0) is 17.5 Å². The van der Waals surface area contributed by atoms with E-state index in [4.69, 9.17) is 17.3 Å². The standard InChI is InChI=1S/C24H21ClF3N5OS/c25-17-5-4-15(19(10-17)24(26,27)28)12-33-20-6-3-14(8-16(20)11-30-33)9-21-22(34)31-23(35-21)32-7-1-2-18(29)13-32/h3-6,8-11,18H,1-2,7,12-13,29H2/b21-9-/t18-/m1/s1. The third-order valence-corrected chi connectivity index (χ3v) is 7.28. The molecule has 0 radical (unpaired) electrons. The number of piperidine rings is 1. The maximum Gasteiger partial charge on any atom is 0.416 e. The number of halogens is 4. The van der Waals surface area contributed by atoms with Crippen molar-refractivity contribution in [2.45, 2.75) is 31.6 Å². The molecule has 0 bridgehead atoms. The Hall–Kier alpha value is -2.82. The predicted octanol–water partition coefficient (Wildman–Crippen LogP) is 5.15. The summed E-state index contributed by atoms with van der Waals surface area (Å²) in [6, 6.07) is 9.25. The second-order valence-electron chi connectivity index (χ2n) is 8.58. The highest BCUT2D eigenvalue weighted by molar-refractivity contribution is 8.18. The van der Waals surface area contributed by atoms with Crippen molar-refractivity contribution in [3.8, 4) is 0 Å². The molecule has 3 aromatic rings. The Morgan fingerprint density at radius 3 is 2.83 bits per heavy atom. The first-order chi connectivity index (χ1) is 16.7. The number of likely N-dealkylation sites (tertiary alicyclic amines) is 1. The van der Waals surface area contributed by atoms with Gasteiger partial charge in [-0.25, -0.2) is 0 Å². The summed E-state index contributed by atoms with van der Waals surface area (Å²) in [4.78, 5) is 19.2. The summed E-state index contributed by atoms with van der Waals surface area (Å²) in [6.07, 6.45) is 0.782. The maximum atomic E-state index is 13.5. The minimum atomic E-state index is -4.52. The molecule has 3 heterocycles. The predicted molar refractivity (Wildman–Crippen MR) is 132 cm³/mol. The highest BCUT2D eigenvalue weighted by Gasteiger charge is 2.34. The Balaban J connectivity index is 1.37. The minimum absolute atomic E-state index is 0.0266. The fourth-order valence-corrected chi connectivity index (χ4v) is 5.42. The molecule has 0 saturated carbocycles. The zero-order valence-electron chi connectivity index (χ0n) is 18.4. The molecule has 2 aliphatic heterocycles. The lowest BCUT2D eigenvalue weighted by Crippen LogP contribution is -2.44. The molecule has 0 unspecified atom stereocenters. The van der Waals surface area contributed by atoms with E-state index in [9.17, 15) is 18.0 Å². The molecule has 0 aliphatic carbocycles. The van der Waals surface area contributed by atoms with Gasteiger partial charge in [0, 0.05) is 29.5 Å². The van der Waals surface area contributed by atoms with Crippen molar-refractivity contribution in [1.29, 1.82) is 0 Å². The number of hydrogen-bond acceptors (Lipinski definition) is 5. The van der Waals surface area contributed by atoms with Crippen molar-refractivity contribution in [2.75, 3.05) is 13.1 Å². The molecule has 5 rings (SSSR count). The molecule has 1 saturated heterocycles. The van der Waals surface area contributed by atoms with E-state index in [0.717, 1.165) is 36.4 Å². The third kappa shape index (κ3) is 5.10. The van der Waals surface area contributed by atoms with Gasteiger partial charge in [0.1, 0.15) is 0 Å². The van der Waals surface area contributed by atoms with Gasteiger partial charge in [-0.05, 0) is 66.1 Å². The fourth-order valence-electron chi connectivity index (χ4n) is 4.30. The van der Waals surface area contributed by atoms with Gasteiger partial charge in [0.15, 0.2) is 5.17 Å². The average molecular weight is 520 g/mol. The first-order valence-corrected chi connectivity index (χ1v) is 12.2. The first kappa shape index (κ1) is 23.9. The highest BCUT2D eigenvalue weighted by atomic mass is 35.5. The van der Waals surface area contributed by atoms with Crippen molar-refractivity contribution < 1.29 is 18.0 Å². The summed E-state index contributed by atoms with van der Waals surface area (Å²) in [7, 11) is 0. The molecule has 11 heteroatoms. The Morgan fingerprint density at radius 1 is 1.23 bits per heavy atom. The number of nitrogens with zero attached hydrogens (tertiary/aromatic N) is 4. The molecule has 1 aromatic heterocycles. The van der Waals surface area contributed by atoms with Crippen LogP contribution in [0.2, 0.25) is 5.02 Å². The van der Waals surface area contributed by atoms with E-state index in [1.807, 2.05) is 12.1 Å². The van der Waals surface area contributed by atoms with E-state index in [1.165, 1.54) is 28.6 Å². The smallest absolute Gasteiger partial charge is 0.349 e. The quantitative estimate of drug-likeness (QED) is 0.484. The lowest BCUT2D eigenvalue weighted by molar-refractivity contribution is -0.138. The van der Waals surface area contributed by atoms with Gasteiger partial charge < -0.3 is 10.6 Å². The van der Waals surface area contributed by atoms with Gasteiger partial charge in [-0.2, -0.15) is 23.3 Å². The van der Waals surface area contributed by atoms with Crippen LogP contribution in [0.3, 0.4) is 0 Å². The monoisotopic (exact) mass is 519 g/mol. The van der Waals surface area contributed by atoms with E-state index in [-0.39, 0.29) is 29.1 Å². The average Bonchev–Trinajstić information content (AvgIpc) is 3.37. The van der Waals surface area contributed by atoms with Crippen LogP contribution in [0.5, 0.6) is 0 Å². The molecule has 6 nitrogen and oxygen atoms in total. The van der Waals surface area contributed by atoms with Gasteiger partial charge in [0.2, 0.25) is 0 Å². The second kappa shape index (κ2) is 9.33. The first-order valence-electron chi connectivity index (χ1n) is 11.0. The largest absolute Gasteiger partial charge is 0.416 e. The van der Waals surface area contributed by atoms with Crippen molar-refractivity contribution in [3.63, 3.8) is 0 Å². The number of carbonyl (C=O) groups excluding carboxylic acids is 1. The van der Waals surface area contributed by atoms with Crippen LogP contribution in [0.4, 0.5) is 13.2 Å². The molecule has 35 heavy (non-hydrogen) atoms. The Morgan fingerprint density at radius 2 is 2.06 bits per heavy atom. The van der Waals surface area contributed by atoms with Crippen LogP contribution < -0.4 is 5.73 Å². The fraction of sp³-hybridized carbons (Fsp3) is 0.292. The summed E-state index contributed by atoms with van der Waals surface area (Å²) in [5, 5.41) is 5.74. The van der Waals surface area contributed by atoms with Crippen LogP contribution in [-0.4, -0.2) is 44.9 Å². The molecule has 1 atom stereocenters. The molecule has 1 amide bonds. The second-order valence-corrected chi connectivity index (χ2v) is 10.0. The van der Waals surface area contributed by atoms with E-state index in [2.05, 4.69) is 15.0 Å². The number of amides is 1. The van der Waals surface area contributed by atoms with Crippen LogP contribution in [0.1, 0.15) is 29.5 Å². The lowest BCUT2D eigenvalue weighted by Gasteiger charge is -2.31. The Labute approximate surface area is 208 Å². The van der Waals surface area contributed by atoms with Crippen LogP contribution >= 0.6 is 23.4 Å². The van der Waals surface area contributed by atoms with Crippen molar-refractivity contribution in [2.24, 2.45) is 10.7 Å². The number of nitrogens with two attached hydrogens (primary N) is 1. The Kier molecular flexibility index (Phi) is 6.37. The third-order valence-electron chi connectivity index (χ3n) is 6.00. The van der Waals surface area contributed by atoms with Crippen LogP contribution in [0.15, 0.2) is 52.5 Å². The number of amidine groups is 1. The molecule has 2 aliphatic rings. The molecule has 1 fully saturated rings. The molecule has 0 spiro atoms. The van der Waals surface area contributed by atoms with Crippen LogP contribution in [0, 0.1) is 0 Å². The zero-order valence-corrected chi connectivity index (χ0v) is 20.0. The maximum absolute atomic E-state index is 13.5. The summed E-state index contributed by atoms with van der Waals surface area (Å²) in [5.74, 6) is -0.289. The summed E-state index contributed by atoms with van der Waals surface area (Å²) >= 11 is 7.12. The number of hydrogen-bond donors (Lipinski definition) is 1. The summed E-state index contributed by atoms with van der Waals surface area (Å²) < 4.78 is 41.9. The Bertz CT molecular complexity index is 1370. The lowest BCUT2D eigenvalue weighted by atomic mass is 10.1. The van der Waals surface area contributed by atoms with Crippen molar-refractivity contribution in [1.82, 2.24) is 14.7 Å². The molecule has 182 valence electrons. The van der Waals surface area contributed by atoms with E-state index in [1.54, 1.807) is 18.3 Å². The number of aliphatic imine (C=N–C) groups is 1. The van der Waals surface area contributed by atoms with Gasteiger partial charge in [-0.15, -0.1) is 0 Å². The van der Waals surface area contributed by atoms with Crippen molar-refractivity contribution >= 4 is 51.4 Å². The zero-order chi connectivity index (χ0) is 24.7. The summed E-state index contributed by atoms with van der Waals surface area (Å²) in [6.45, 7) is 1.45. The highest BCUT2D eigenvalue weighted by Crippen LogP contribution is 2.35. The van der Waals surface area contributed by atoms with Gasteiger partial charge >= 0.3 is 6.18 Å². The van der Waals surface area contributed by atoms with Gasteiger partial charge in [-0.3, -0.25) is 9.48 Å². The van der Waals surface area contributed by atoms with Gasteiger partial charge in [-0.1, -0.05) is 23.7 Å². The van der Waals surface area contributed by atoms with Crippen molar-refractivity contribution in [3.05, 3.63) is 69.2 Å². The molecule has 2 aromatic carbocycles. The number of benzene rings is 2.